The molecule has 0 saturated heterocycles. The Kier molecular flexibility index (Phi) is 3.34. The summed E-state index contributed by atoms with van der Waals surface area (Å²) in [6.07, 6.45) is 5.26. The molecule has 0 amide bonds. The van der Waals surface area contributed by atoms with Crippen molar-refractivity contribution in [3.05, 3.63) is 46.6 Å². The maximum Gasteiger partial charge on any atom is 0.142 e. The van der Waals surface area contributed by atoms with Crippen LogP contribution in [0.25, 0.3) is 10.2 Å². The Bertz CT molecular complexity index is 837. The zero-order valence-corrected chi connectivity index (χ0v) is 13.7. The van der Waals surface area contributed by atoms with Gasteiger partial charge in [0.05, 0.1) is 5.39 Å². The van der Waals surface area contributed by atoms with Crippen LogP contribution in [0, 0.1) is 12.8 Å². The largest absolute Gasteiger partial charge is 0.340 e. The van der Waals surface area contributed by atoms with Gasteiger partial charge >= 0.3 is 0 Å². The molecule has 0 fully saturated rings. The van der Waals surface area contributed by atoms with E-state index in [1.165, 1.54) is 34.2 Å². The summed E-state index contributed by atoms with van der Waals surface area (Å²) in [5.41, 5.74) is 3.80. The Morgan fingerprint density at radius 2 is 2.18 bits per heavy atom. The summed E-state index contributed by atoms with van der Waals surface area (Å²) >= 11 is 1.84. The summed E-state index contributed by atoms with van der Waals surface area (Å²) < 4.78 is 0. The lowest BCUT2D eigenvalue weighted by Gasteiger charge is -2.18. The summed E-state index contributed by atoms with van der Waals surface area (Å²) in [5, 5.41) is 4.72. The van der Waals surface area contributed by atoms with Crippen LogP contribution >= 0.6 is 11.3 Å². The van der Waals surface area contributed by atoms with Crippen molar-refractivity contribution in [2.45, 2.75) is 33.1 Å². The molecule has 0 spiro atoms. The molecule has 2 heterocycles. The van der Waals surface area contributed by atoms with Crippen molar-refractivity contribution in [2.24, 2.45) is 5.92 Å². The van der Waals surface area contributed by atoms with Gasteiger partial charge in [-0.05, 0) is 55.4 Å². The average molecular weight is 309 g/mol. The van der Waals surface area contributed by atoms with Gasteiger partial charge in [0.25, 0.3) is 0 Å². The van der Waals surface area contributed by atoms with E-state index in [0.717, 1.165) is 28.7 Å². The van der Waals surface area contributed by atoms with Crippen LogP contribution in [0.2, 0.25) is 0 Å². The van der Waals surface area contributed by atoms with E-state index in [2.05, 4.69) is 53.4 Å². The first-order valence-corrected chi connectivity index (χ1v) is 8.61. The number of benzene rings is 1. The van der Waals surface area contributed by atoms with E-state index >= 15 is 0 Å². The van der Waals surface area contributed by atoms with E-state index in [0.29, 0.717) is 0 Å². The van der Waals surface area contributed by atoms with E-state index < -0.39 is 0 Å². The number of nitrogens with zero attached hydrogens (tertiary/aromatic N) is 2. The summed E-state index contributed by atoms with van der Waals surface area (Å²) in [4.78, 5) is 11.6. The highest BCUT2D eigenvalue weighted by Gasteiger charge is 2.23. The molecule has 1 aliphatic carbocycles. The molecular weight excluding hydrogens is 290 g/mol. The summed E-state index contributed by atoms with van der Waals surface area (Å²) in [5.74, 6) is 1.73. The predicted molar refractivity (Wildman–Crippen MR) is 93.1 cm³/mol. The van der Waals surface area contributed by atoms with Gasteiger partial charge in [-0.15, -0.1) is 11.3 Å². The zero-order chi connectivity index (χ0) is 15.1. The molecule has 3 nitrogen and oxygen atoms in total. The Morgan fingerprint density at radius 1 is 1.27 bits per heavy atom. The van der Waals surface area contributed by atoms with Gasteiger partial charge in [-0.1, -0.05) is 19.1 Å². The van der Waals surface area contributed by atoms with Crippen LogP contribution in [0.4, 0.5) is 11.5 Å². The number of nitrogens with one attached hydrogen (secondary N) is 1. The van der Waals surface area contributed by atoms with Crippen LogP contribution in [0.1, 0.15) is 29.3 Å². The minimum absolute atomic E-state index is 0.779. The zero-order valence-electron chi connectivity index (χ0n) is 12.9. The topological polar surface area (TPSA) is 37.8 Å². The van der Waals surface area contributed by atoms with Crippen LogP contribution < -0.4 is 5.32 Å². The maximum absolute atomic E-state index is 4.52. The molecular formula is C18H19N3S. The lowest BCUT2D eigenvalue weighted by atomic mass is 9.89. The van der Waals surface area contributed by atoms with Crippen molar-refractivity contribution < 1.29 is 0 Å². The molecule has 4 rings (SSSR count). The fourth-order valence-electron chi connectivity index (χ4n) is 3.23. The van der Waals surface area contributed by atoms with Gasteiger partial charge in [0, 0.05) is 10.6 Å². The highest BCUT2D eigenvalue weighted by Crippen LogP contribution is 2.40. The Labute approximate surface area is 134 Å². The van der Waals surface area contributed by atoms with Crippen molar-refractivity contribution in [1.29, 1.82) is 0 Å². The molecule has 0 radical (unpaired) electrons. The third kappa shape index (κ3) is 2.37. The number of aryl methyl sites for hydroxylation is 2. The number of rotatable bonds is 2. The normalized spacial score (nSPS) is 17.5. The van der Waals surface area contributed by atoms with Crippen molar-refractivity contribution in [3.8, 4) is 0 Å². The monoisotopic (exact) mass is 309 g/mol. The second-order valence-electron chi connectivity index (χ2n) is 6.25. The summed E-state index contributed by atoms with van der Waals surface area (Å²) in [7, 11) is 0. The second kappa shape index (κ2) is 5.36. The number of aromatic nitrogens is 2. The Morgan fingerprint density at radius 3 is 3.05 bits per heavy atom. The van der Waals surface area contributed by atoms with Gasteiger partial charge in [-0.25, -0.2) is 9.97 Å². The molecule has 3 aromatic rings. The number of hydrogen-bond acceptors (Lipinski definition) is 4. The van der Waals surface area contributed by atoms with E-state index in [1.54, 1.807) is 6.33 Å². The van der Waals surface area contributed by atoms with Crippen LogP contribution in [0.3, 0.4) is 0 Å². The van der Waals surface area contributed by atoms with E-state index in [-0.39, 0.29) is 0 Å². The first kappa shape index (κ1) is 13.7. The first-order valence-electron chi connectivity index (χ1n) is 7.79. The SMILES string of the molecule is Cc1cccc(Nc2ncnc3sc4c(c23)CCC(C)C4)c1. The van der Waals surface area contributed by atoms with Gasteiger partial charge in [-0.3, -0.25) is 0 Å². The number of anilines is 2. The summed E-state index contributed by atoms with van der Waals surface area (Å²) in [6.45, 7) is 4.44. The molecule has 0 bridgehead atoms. The minimum atomic E-state index is 0.779. The second-order valence-corrected chi connectivity index (χ2v) is 7.33. The molecule has 1 unspecified atom stereocenters. The van der Waals surface area contributed by atoms with Crippen LogP contribution in [0.5, 0.6) is 0 Å². The summed E-state index contributed by atoms with van der Waals surface area (Å²) in [6, 6.07) is 8.41. The molecule has 0 saturated carbocycles. The molecule has 1 aromatic carbocycles. The van der Waals surface area contributed by atoms with Gasteiger partial charge in [0.15, 0.2) is 0 Å². The molecule has 1 atom stereocenters. The van der Waals surface area contributed by atoms with E-state index in [4.69, 9.17) is 0 Å². The first-order chi connectivity index (χ1) is 10.7. The standard InChI is InChI=1S/C18H19N3S/c1-11-4-3-5-13(8-11)21-17-16-14-7-6-12(2)9-15(14)22-18(16)20-10-19-17/h3-5,8,10,12H,6-7,9H2,1-2H3,(H,19,20,21). The van der Waals surface area contributed by atoms with Gasteiger partial charge < -0.3 is 5.32 Å². The molecule has 22 heavy (non-hydrogen) atoms. The molecule has 4 heteroatoms. The van der Waals surface area contributed by atoms with E-state index in [9.17, 15) is 0 Å². The molecule has 2 aromatic heterocycles. The quantitative estimate of drug-likeness (QED) is 0.734. The number of fused-ring (bicyclic) bond motifs is 3. The Balaban J connectivity index is 1.81. The van der Waals surface area contributed by atoms with E-state index in [1.807, 2.05) is 11.3 Å². The van der Waals surface area contributed by atoms with Crippen molar-refractivity contribution in [1.82, 2.24) is 9.97 Å². The fraction of sp³-hybridized carbons (Fsp3) is 0.333. The molecule has 0 aliphatic heterocycles. The van der Waals surface area contributed by atoms with Gasteiger partial charge in [0.2, 0.25) is 0 Å². The van der Waals surface area contributed by atoms with Crippen molar-refractivity contribution in [3.63, 3.8) is 0 Å². The fourth-order valence-corrected chi connectivity index (χ4v) is 4.58. The molecule has 112 valence electrons. The molecule has 1 aliphatic rings. The maximum atomic E-state index is 4.52. The highest BCUT2D eigenvalue weighted by atomic mass is 32.1. The van der Waals surface area contributed by atoms with Crippen LogP contribution in [-0.4, -0.2) is 9.97 Å². The molecule has 1 N–H and O–H groups in total. The lowest BCUT2D eigenvalue weighted by Crippen LogP contribution is -2.09. The van der Waals surface area contributed by atoms with Gasteiger partial charge in [-0.2, -0.15) is 0 Å². The number of hydrogen-bond donors (Lipinski definition) is 1. The highest BCUT2D eigenvalue weighted by molar-refractivity contribution is 7.19. The third-order valence-electron chi connectivity index (χ3n) is 4.37. The van der Waals surface area contributed by atoms with Crippen molar-refractivity contribution in [2.75, 3.05) is 5.32 Å². The lowest BCUT2D eigenvalue weighted by molar-refractivity contribution is 0.509. The van der Waals surface area contributed by atoms with Gasteiger partial charge in [0.1, 0.15) is 17.0 Å². The average Bonchev–Trinajstić information content (AvgIpc) is 2.85. The van der Waals surface area contributed by atoms with Crippen molar-refractivity contribution >= 4 is 33.1 Å². The Hall–Kier alpha value is -1.94. The number of thiophene rings is 1. The van der Waals surface area contributed by atoms with Crippen LogP contribution in [-0.2, 0) is 12.8 Å². The predicted octanol–water partition coefficient (Wildman–Crippen LogP) is 4.87. The van der Waals surface area contributed by atoms with Crippen LogP contribution in [0.15, 0.2) is 30.6 Å². The minimum Gasteiger partial charge on any atom is -0.340 e. The third-order valence-corrected chi connectivity index (χ3v) is 5.53. The smallest absolute Gasteiger partial charge is 0.142 e.